The molecule has 220 valence electrons. The first-order chi connectivity index (χ1) is 20.7. The van der Waals surface area contributed by atoms with Gasteiger partial charge in [0.25, 0.3) is 5.91 Å². The molecule has 4 aromatic rings. The summed E-state index contributed by atoms with van der Waals surface area (Å²) in [5.74, 6) is 0.478. The third-order valence-corrected chi connectivity index (χ3v) is 7.76. The van der Waals surface area contributed by atoms with Crippen LogP contribution >= 0.6 is 11.6 Å². The van der Waals surface area contributed by atoms with Crippen LogP contribution in [0.5, 0.6) is 5.75 Å². The molecule has 0 saturated heterocycles. The van der Waals surface area contributed by atoms with Gasteiger partial charge in [-0.3, -0.25) is 9.59 Å². The Balaban J connectivity index is 1.46. The fraction of sp³-hybridized carbons (Fsp3) is 0.200. The van der Waals surface area contributed by atoms with Gasteiger partial charge in [0.1, 0.15) is 12.4 Å². The highest BCUT2D eigenvalue weighted by atomic mass is 35.5. The van der Waals surface area contributed by atoms with Gasteiger partial charge in [0.15, 0.2) is 0 Å². The summed E-state index contributed by atoms with van der Waals surface area (Å²) in [6.07, 6.45) is 0. The average Bonchev–Trinajstić information content (AvgIpc) is 3.32. The van der Waals surface area contributed by atoms with E-state index >= 15 is 0 Å². The molecular formula is C35H35ClN4O3. The van der Waals surface area contributed by atoms with E-state index in [4.69, 9.17) is 16.3 Å². The Morgan fingerprint density at radius 3 is 2.30 bits per heavy atom. The molecule has 0 bridgehead atoms. The summed E-state index contributed by atoms with van der Waals surface area (Å²) >= 11 is 6.22. The minimum absolute atomic E-state index is 0.0234. The number of hydrogen-bond acceptors (Lipinski definition) is 5. The highest BCUT2D eigenvalue weighted by molar-refractivity contribution is 6.38. The predicted molar refractivity (Wildman–Crippen MR) is 175 cm³/mol. The lowest BCUT2D eigenvalue weighted by Crippen LogP contribution is -2.41. The number of amides is 2. The standard InChI is InChI=1S/C35H35ClN4O3/c1-23(39(3)4)21-40(24(2)41)29-15-13-28(14-16-29)37-34(33-31-19-12-27(36)20-32(31)38-35(33)42)26-10-17-30(18-11-26)43-22-25-8-6-5-7-9-25/h5-20,23,37H,21-22H2,1-4H3,(H,38,42). The normalized spacial score (nSPS) is 14.1. The van der Waals surface area contributed by atoms with Crippen LogP contribution in [0.1, 0.15) is 30.5 Å². The van der Waals surface area contributed by atoms with E-state index in [9.17, 15) is 9.59 Å². The Morgan fingerprint density at radius 2 is 1.65 bits per heavy atom. The molecule has 0 radical (unpaired) electrons. The second-order valence-electron chi connectivity index (χ2n) is 10.8. The molecule has 1 unspecified atom stereocenters. The van der Waals surface area contributed by atoms with Gasteiger partial charge < -0.3 is 25.2 Å². The summed E-state index contributed by atoms with van der Waals surface area (Å²) in [4.78, 5) is 29.7. The molecule has 5 rings (SSSR count). The van der Waals surface area contributed by atoms with Crippen molar-refractivity contribution in [2.75, 3.05) is 36.2 Å². The molecule has 0 aliphatic carbocycles. The van der Waals surface area contributed by atoms with Crippen molar-refractivity contribution >= 4 is 51.7 Å². The molecule has 0 saturated carbocycles. The number of hydrogen-bond donors (Lipinski definition) is 2. The minimum Gasteiger partial charge on any atom is -0.489 e. The van der Waals surface area contributed by atoms with E-state index in [2.05, 4.69) is 22.5 Å². The zero-order chi connectivity index (χ0) is 30.5. The van der Waals surface area contributed by atoms with Crippen LogP contribution in [0.4, 0.5) is 17.1 Å². The number of ether oxygens (including phenoxy) is 1. The van der Waals surface area contributed by atoms with Gasteiger partial charge in [-0.05, 0) is 92.8 Å². The molecule has 0 fully saturated rings. The third-order valence-electron chi connectivity index (χ3n) is 7.52. The predicted octanol–water partition coefficient (Wildman–Crippen LogP) is 7.15. The van der Waals surface area contributed by atoms with Crippen LogP contribution in [0.25, 0.3) is 11.3 Å². The van der Waals surface area contributed by atoms with E-state index < -0.39 is 0 Å². The number of nitrogens with zero attached hydrogens (tertiary/aromatic N) is 2. The Bertz CT molecular complexity index is 1630. The van der Waals surface area contributed by atoms with Crippen molar-refractivity contribution in [2.24, 2.45) is 0 Å². The molecule has 1 aliphatic heterocycles. The molecule has 4 aromatic carbocycles. The number of halogens is 1. The number of fused-ring (bicyclic) bond motifs is 1. The number of anilines is 3. The van der Waals surface area contributed by atoms with Crippen molar-refractivity contribution < 1.29 is 14.3 Å². The van der Waals surface area contributed by atoms with E-state index in [0.717, 1.165) is 33.8 Å². The highest BCUT2D eigenvalue weighted by Gasteiger charge is 2.29. The SMILES string of the molecule is CC(=O)N(CC(C)N(C)C)c1ccc(NC(=C2C(=O)Nc3cc(Cl)ccc32)c2ccc(OCc3ccccc3)cc2)cc1. The summed E-state index contributed by atoms with van der Waals surface area (Å²) < 4.78 is 5.99. The van der Waals surface area contributed by atoms with Crippen molar-refractivity contribution in [3.63, 3.8) is 0 Å². The Kier molecular flexibility index (Phi) is 9.14. The van der Waals surface area contributed by atoms with Crippen molar-refractivity contribution in [3.8, 4) is 5.75 Å². The van der Waals surface area contributed by atoms with E-state index in [0.29, 0.717) is 35.1 Å². The maximum Gasteiger partial charge on any atom is 0.258 e. The fourth-order valence-corrected chi connectivity index (χ4v) is 5.02. The number of carbonyl (C=O) groups is 2. The highest BCUT2D eigenvalue weighted by Crippen LogP contribution is 2.39. The lowest BCUT2D eigenvalue weighted by molar-refractivity contribution is -0.116. The van der Waals surface area contributed by atoms with E-state index in [-0.39, 0.29) is 17.9 Å². The maximum absolute atomic E-state index is 13.3. The molecule has 1 atom stereocenters. The molecule has 1 aliphatic rings. The lowest BCUT2D eigenvalue weighted by Gasteiger charge is -2.28. The van der Waals surface area contributed by atoms with Gasteiger partial charge >= 0.3 is 0 Å². The summed E-state index contributed by atoms with van der Waals surface area (Å²) in [6, 6.07) is 30.9. The summed E-state index contributed by atoms with van der Waals surface area (Å²) in [7, 11) is 4.00. The topological polar surface area (TPSA) is 73.9 Å². The molecule has 0 spiro atoms. The van der Waals surface area contributed by atoms with Gasteiger partial charge in [0.05, 0.1) is 17.0 Å². The summed E-state index contributed by atoms with van der Waals surface area (Å²) in [5, 5.41) is 6.98. The number of carbonyl (C=O) groups excluding carboxylic acids is 2. The minimum atomic E-state index is -0.221. The van der Waals surface area contributed by atoms with Crippen molar-refractivity contribution in [3.05, 3.63) is 119 Å². The van der Waals surface area contributed by atoms with Crippen molar-refractivity contribution in [1.29, 1.82) is 0 Å². The number of rotatable bonds is 10. The van der Waals surface area contributed by atoms with Gasteiger partial charge in [0, 0.05) is 41.5 Å². The average molecular weight is 595 g/mol. The molecule has 2 N–H and O–H groups in total. The van der Waals surface area contributed by atoms with Crippen LogP contribution in [0.2, 0.25) is 5.02 Å². The molecule has 2 amide bonds. The summed E-state index contributed by atoms with van der Waals surface area (Å²) in [6.45, 7) is 4.69. The van der Waals surface area contributed by atoms with Gasteiger partial charge in [-0.2, -0.15) is 0 Å². The smallest absolute Gasteiger partial charge is 0.258 e. The maximum atomic E-state index is 13.3. The Morgan fingerprint density at radius 1 is 0.953 bits per heavy atom. The van der Waals surface area contributed by atoms with Crippen LogP contribution in [0.15, 0.2) is 97.1 Å². The largest absolute Gasteiger partial charge is 0.489 e. The van der Waals surface area contributed by atoms with Crippen LogP contribution in [0.3, 0.4) is 0 Å². The molecule has 0 aromatic heterocycles. The first-order valence-corrected chi connectivity index (χ1v) is 14.5. The van der Waals surface area contributed by atoms with Gasteiger partial charge in [0.2, 0.25) is 5.91 Å². The molecule has 1 heterocycles. The fourth-order valence-electron chi connectivity index (χ4n) is 4.84. The van der Waals surface area contributed by atoms with Crippen LogP contribution in [0, 0.1) is 0 Å². The van der Waals surface area contributed by atoms with Gasteiger partial charge in [-0.25, -0.2) is 0 Å². The van der Waals surface area contributed by atoms with Gasteiger partial charge in [-0.1, -0.05) is 48.0 Å². The zero-order valence-electron chi connectivity index (χ0n) is 24.7. The lowest BCUT2D eigenvalue weighted by atomic mass is 10.00. The molecule has 43 heavy (non-hydrogen) atoms. The second-order valence-corrected chi connectivity index (χ2v) is 11.2. The third kappa shape index (κ3) is 7.08. The first-order valence-electron chi connectivity index (χ1n) is 14.1. The van der Waals surface area contributed by atoms with Crippen molar-refractivity contribution in [1.82, 2.24) is 4.90 Å². The second kappa shape index (κ2) is 13.2. The number of benzene rings is 4. The van der Waals surface area contributed by atoms with Crippen LogP contribution in [-0.2, 0) is 16.2 Å². The van der Waals surface area contributed by atoms with E-state index in [1.165, 1.54) is 0 Å². The summed E-state index contributed by atoms with van der Waals surface area (Å²) in [5.41, 5.74) is 6.06. The molecular weight excluding hydrogens is 560 g/mol. The molecule has 8 heteroatoms. The molecule has 7 nitrogen and oxygen atoms in total. The monoisotopic (exact) mass is 594 g/mol. The van der Waals surface area contributed by atoms with E-state index in [1.807, 2.05) is 99.0 Å². The van der Waals surface area contributed by atoms with Crippen LogP contribution in [-0.4, -0.2) is 43.4 Å². The number of nitrogens with one attached hydrogen (secondary N) is 2. The Labute approximate surface area is 257 Å². The zero-order valence-corrected chi connectivity index (χ0v) is 25.5. The Hall–Kier alpha value is -4.59. The van der Waals surface area contributed by atoms with Gasteiger partial charge in [-0.15, -0.1) is 0 Å². The van der Waals surface area contributed by atoms with E-state index in [1.54, 1.807) is 24.0 Å². The first kappa shape index (κ1) is 29.9. The van der Waals surface area contributed by atoms with Crippen molar-refractivity contribution in [2.45, 2.75) is 26.5 Å². The number of likely N-dealkylation sites (N-methyl/N-ethyl adjacent to an activating group) is 1. The van der Waals surface area contributed by atoms with Crippen LogP contribution < -0.4 is 20.3 Å². The quantitative estimate of drug-likeness (QED) is 0.191.